The largest absolute Gasteiger partial charge is 0.344 e. The highest BCUT2D eigenvalue weighted by molar-refractivity contribution is 5.85. The second kappa shape index (κ2) is 6.71. The fourth-order valence-electron chi connectivity index (χ4n) is 2.81. The molecule has 0 fully saturated rings. The van der Waals surface area contributed by atoms with E-state index in [0.29, 0.717) is 6.54 Å². The smallest absolute Gasteiger partial charge is 0.123 e. The van der Waals surface area contributed by atoms with E-state index in [9.17, 15) is 4.39 Å². The van der Waals surface area contributed by atoms with Crippen LogP contribution in [-0.4, -0.2) is 9.78 Å². The van der Waals surface area contributed by atoms with Gasteiger partial charge < -0.3 is 6.15 Å². The van der Waals surface area contributed by atoms with Gasteiger partial charge in [-0.2, -0.15) is 5.10 Å². The van der Waals surface area contributed by atoms with Crippen LogP contribution in [0.4, 0.5) is 4.39 Å². The van der Waals surface area contributed by atoms with Gasteiger partial charge >= 0.3 is 0 Å². The molecule has 0 amide bonds. The van der Waals surface area contributed by atoms with E-state index in [1.54, 1.807) is 0 Å². The number of fused-ring (bicyclic) bond motifs is 1. The Morgan fingerprint density at radius 2 is 1.73 bits per heavy atom. The van der Waals surface area contributed by atoms with Crippen LogP contribution in [0.25, 0.3) is 10.9 Å². The molecule has 1 aromatic heterocycles. The molecular weight excluding hydrogens is 277 g/mol. The van der Waals surface area contributed by atoms with Gasteiger partial charge in [0.2, 0.25) is 0 Å². The van der Waals surface area contributed by atoms with Gasteiger partial charge in [-0.1, -0.05) is 38.1 Å². The molecule has 0 aliphatic carbocycles. The lowest BCUT2D eigenvalue weighted by atomic mass is 10.0. The van der Waals surface area contributed by atoms with E-state index in [0.717, 1.165) is 29.6 Å². The van der Waals surface area contributed by atoms with Crippen LogP contribution in [0.3, 0.4) is 0 Å². The monoisotopic (exact) mass is 299 g/mol. The van der Waals surface area contributed by atoms with Crippen molar-refractivity contribution in [3.05, 3.63) is 65.1 Å². The number of hydrogen-bond donors (Lipinski definition) is 1. The Morgan fingerprint density at radius 1 is 1.00 bits per heavy atom. The summed E-state index contributed by atoms with van der Waals surface area (Å²) in [5, 5.41) is 6.04. The first-order valence-electron chi connectivity index (χ1n) is 7.44. The normalized spacial score (nSPS) is 10.7. The predicted molar refractivity (Wildman–Crippen MR) is 89.0 cm³/mol. The average Bonchev–Trinajstić information content (AvgIpc) is 2.87. The number of aromatic nitrogens is 2. The lowest BCUT2D eigenvalue weighted by molar-refractivity contribution is 0.625. The van der Waals surface area contributed by atoms with E-state index in [1.807, 2.05) is 16.8 Å². The van der Waals surface area contributed by atoms with Crippen molar-refractivity contribution in [3.63, 3.8) is 0 Å². The minimum Gasteiger partial charge on any atom is -0.344 e. The summed E-state index contributed by atoms with van der Waals surface area (Å²) < 4.78 is 15.0. The predicted octanol–water partition coefficient (Wildman–Crippen LogP) is 4.51. The summed E-state index contributed by atoms with van der Waals surface area (Å²) in [7, 11) is 0. The van der Waals surface area contributed by atoms with Crippen LogP contribution in [0.1, 0.15) is 30.7 Å². The molecule has 0 bridgehead atoms. The number of aryl methyl sites for hydroxylation is 2. The maximum atomic E-state index is 13.0. The zero-order valence-corrected chi connectivity index (χ0v) is 13.1. The Labute approximate surface area is 130 Å². The summed E-state index contributed by atoms with van der Waals surface area (Å²) in [6.45, 7) is 4.98. The number of rotatable bonds is 4. The van der Waals surface area contributed by atoms with Crippen molar-refractivity contribution in [1.29, 1.82) is 0 Å². The van der Waals surface area contributed by atoms with Gasteiger partial charge in [0.05, 0.1) is 17.8 Å². The summed E-state index contributed by atoms with van der Waals surface area (Å²) in [6.07, 6.45) is 1.93. The van der Waals surface area contributed by atoms with Crippen LogP contribution in [0.2, 0.25) is 0 Å². The first-order chi connectivity index (χ1) is 10.2. The maximum Gasteiger partial charge on any atom is 0.123 e. The minimum absolute atomic E-state index is 0. The van der Waals surface area contributed by atoms with Crippen molar-refractivity contribution >= 4 is 10.9 Å². The van der Waals surface area contributed by atoms with Crippen LogP contribution < -0.4 is 6.15 Å². The molecular formula is C18H22FN3. The third kappa shape index (κ3) is 2.88. The first kappa shape index (κ1) is 16.2. The standard InChI is InChI=1S/C18H19FN2.H3N/c1-3-14-6-5-7-17-18(14)16(4-2)20-21(17)12-13-8-10-15(19)11-9-13;/h5-11H,3-4,12H2,1-2H3;1H3. The zero-order valence-electron chi connectivity index (χ0n) is 13.1. The number of benzene rings is 2. The van der Waals surface area contributed by atoms with Crippen LogP contribution >= 0.6 is 0 Å². The van der Waals surface area contributed by atoms with Gasteiger partial charge in [-0.3, -0.25) is 4.68 Å². The topological polar surface area (TPSA) is 52.8 Å². The lowest BCUT2D eigenvalue weighted by Gasteiger charge is -2.05. The molecule has 3 N–H and O–H groups in total. The van der Waals surface area contributed by atoms with Crippen molar-refractivity contribution in [2.45, 2.75) is 33.2 Å². The van der Waals surface area contributed by atoms with Crippen molar-refractivity contribution in [1.82, 2.24) is 15.9 Å². The Balaban J connectivity index is 0.00000176. The summed E-state index contributed by atoms with van der Waals surface area (Å²) in [5.41, 5.74) is 4.71. The molecule has 3 nitrogen and oxygen atoms in total. The molecule has 0 saturated carbocycles. The Kier molecular flexibility index (Phi) is 4.93. The van der Waals surface area contributed by atoms with Crippen molar-refractivity contribution in [3.8, 4) is 0 Å². The highest BCUT2D eigenvalue weighted by Crippen LogP contribution is 2.24. The molecule has 2 aromatic carbocycles. The number of hydrogen-bond acceptors (Lipinski definition) is 2. The molecule has 0 spiro atoms. The van der Waals surface area contributed by atoms with Crippen LogP contribution in [0.15, 0.2) is 42.5 Å². The molecule has 0 aliphatic heterocycles. The molecule has 0 saturated heterocycles. The van der Waals surface area contributed by atoms with Crippen molar-refractivity contribution < 1.29 is 4.39 Å². The van der Waals surface area contributed by atoms with E-state index < -0.39 is 0 Å². The fraction of sp³-hybridized carbons (Fsp3) is 0.278. The van der Waals surface area contributed by atoms with Crippen LogP contribution in [0.5, 0.6) is 0 Å². The molecule has 3 aromatic rings. The van der Waals surface area contributed by atoms with Crippen molar-refractivity contribution in [2.24, 2.45) is 0 Å². The molecule has 22 heavy (non-hydrogen) atoms. The third-order valence-electron chi connectivity index (χ3n) is 3.90. The third-order valence-corrected chi connectivity index (χ3v) is 3.90. The highest BCUT2D eigenvalue weighted by atomic mass is 19.1. The zero-order chi connectivity index (χ0) is 14.8. The molecule has 0 unspecified atom stereocenters. The summed E-state index contributed by atoms with van der Waals surface area (Å²) >= 11 is 0. The van der Waals surface area contributed by atoms with Gasteiger partial charge in [-0.15, -0.1) is 0 Å². The van der Waals surface area contributed by atoms with E-state index in [1.165, 1.54) is 23.1 Å². The minimum atomic E-state index is -0.202. The molecule has 0 radical (unpaired) electrons. The molecule has 4 heteroatoms. The van der Waals surface area contributed by atoms with Gasteiger partial charge in [-0.05, 0) is 42.2 Å². The van der Waals surface area contributed by atoms with Crippen molar-refractivity contribution in [2.75, 3.05) is 0 Å². The van der Waals surface area contributed by atoms with Gasteiger partial charge in [0.15, 0.2) is 0 Å². The van der Waals surface area contributed by atoms with E-state index in [2.05, 4.69) is 32.0 Å². The fourth-order valence-corrected chi connectivity index (χ4v) is 2.81. The molecule has 0 aliphatic rings. The quantitative estimate of drug-likeness (QED) is 0.770. The second-order valence-electron chi connectivity index (χ2n) is 5.25. The maximum absolute atomic E-state index is 13.0. The van der Waals surface area contributed by atoms with Gasteiger partial charge in [0.1, 0.15) is 5.82 Å². The summed E-state index contributed by atoms with van der Waals surface area (Å²) in [5.74, 6) is -0.202. The Bertz CT molecular complexity index is 760. The molecule has 116 valence electrons. The van der Waals surface area contributed by atoms with Crippen LogP contribution in [-0.2, 0) is 19.4 Å². The second-order valence-corrected chi connectivity index (χ2v) is 5.25. The highest BCUT2D eigenvalue weighted by Gasteiger charge is 2.12. The number of nitrogens with zero attached hydrogens (tertiary/aromatic N) is 2. The number of halogens is 1. The Hall–Kier alpha value is -2.20. The Morgan fingerprint density at radius 3 is 2.36 bits per heavy atom. The average molecular weight is 299 g/mol. The summed E-state index contributed by atoms with van der Waals surface area (Å²) in [6, 6.07) is 13.0. The van der Waals surface area contributed by atoms with Gasteiger partial charge in [-0.25, -0.2) is 4.39 Å². The van der Waals surface area contributed by atoms with E-state index in [-0.39, 0.29) is 12.0 Å². The van der Waals surface area contributed by atoms with E-state index >= 15 is 0 Å². The SMILES string of the molecule is CCc1cccc2c1c(CC)nn2Cc1ccc(F)cc1.N. The van der Waals surface area contributed by atoms with E-state index in [4.69, 9.17) is 5.10 Å². The molecule has 3 rings (SSSR count). The van der Waals surface area contributed by atoms with Gasteiger partial charge in [0, 0.05) is 5.39 Å². The first-order valence-corrected chi connectivity index (χ1v) is 7.44. The summed E-state index contributed by atoms with van der Waals surface area (Å²) in [4.78, 5) is 0. The molecule has 1 heterocycles. The lowest BCUT2D eigenvalue weighted by Crippen LogP contribution is -2.02. The molecule has 0 atom stereocenters. The van der Waals surface area contributed by atoms with Crippen LogP contribution in [0, 0.1) is 5.82 Å². The van der Waals surface area contributed by atoms with Gasteiger partial charge in [0.25, 0.3) is 0 Å².